The fraction of sp³-hybridized carbons (Fsp3) is 0.0667. The SMILES string of the molecule is Cc1cccc(NC(=S)NC(=O)c2cccc(I)c2)c1. The number of carbonyl (C=O) groups excluding carboxylic acids is 1. The van der Waals surface area contributed by atoms with Gasteiger partial charge >= 0.3 is 0 Å². The minimum Gasteiger partial charge on any atom is -0.332 e. The molecule has 0 saturated carbocycles. The Balaban J connectivity index is 1.99. The van der Waals surface area contributed by atoms with Gasteiger partial charge in [0, 0.05) is 14.8 Å². The smallest absolute Gasteiger partial charge is 0.257 e. The van der Waals surface area contributed by atoms with Crippen molar-refractivity contribution in [2.75, 3.05) is 5.32 Å². The molecule has 20 heavy (non-hydrogen) atoms. The number of thiocarbonyl (C=S) groups is 1. The van der Waals surface area contributed by atoms with E-state index in [4.69, 9.17) is 12.2 Å². The Bertz CT molecular complexity index is 658. The van der Waals surface area contributed by atoms with Crippen molar-refractivity contribution in [3.05, 3.63) is 63.2 Å². The van der Waals surface area contributed by atoms with Crippen LogP contribution in [0.2, 0.25) is 0 Å². The Kier molecular flexibility index (Phi) is 5.08. The summed E-state index contributed by atoms with van der Waals surface area (Å²) in [6.45, 7) is 2.00. The van der Waals surface area contributed by atoms with E-state index in [1.54, 1.807) is 6.07 Å². The van der Waals surface area contributed by atoms with Crippen LogP contribution in [-0.4, -0.2) is 11.0 Å². The van der Waals surface area contributed by atoms with E-state index in [2.05, 4.69) is 33.2 Å². The molecule has 0 aromatic heterocycles. The predicted octanol–water partition coefficient (Wildman–Crippen LogP) is 3.73. The molecule has 0 aliphatic heterocycles. The molecule has 2 aromatic carbocycles. The van der Waals surface area contributed by atoms with Crippen molar-refractivity contribution in [1.29, 1.82) is 0 Å². The maximum Gasteiger partial charge on any atom is 0.257 e. The summed E-state index contributed by atoms with van der Waals surface area (Å²) in [7, 11) is 0. The summed E-state index contributed by atoms with van der Waals surface area (Å²) in [6.07, 6.45) is 0. The molecular weight excluding hydrogens is 383 g/mol. The normalized spacial score (nSPS) is 9.90. The summed E-state index contributed by atoms with van der Waals surface area (Å²) in [5.74, 6) is -0.214. The largest absolute Gasteiger partial charge is 0.332 e. The summed E-state index contributed by atoms with van der Waals surface area (Å²) in [5.41, 5.74) is 2.57. The van der Waals surface area contributed by atoms with Crippen LogP contribution < -0.4 is 10.6 Å². The third-order valence-electron chi connectivity index (χ3n) is 2.59. The van der Waals surface area contributed by atoms with Crippen molar-refractivity contribution in [3.8, 4) is 0 Å². The van der Waals surface area contributed by atoms with Gasteiger partial charge in [0.25, 0.3) is 5.91 Å². The Morgan fingerprint density at radius 3 is 2.60 bits per heavy atom. The Morgan fingerprint density at radius 2 is 1.90 bits per heavy atom. The number of anilines is 1. The average Bonchev–Trinajstić information content (AvgIpc) is 2.38. The van der Waals surface area contributed by atoms with Crippen molar-refractivity contribution >= 4 is 51.5 Å². The second kappa shape index (κ2) is 6.81. The van der Waals surface area contributed by atoms with Gasteiger partial charge < -0.3 is 5.32 Å². The van der Waals surface area contributed by atoms with Crippen molar-refractivity contribution in [2.45, 2.75) is 6.92 Å². The first-order valence-electron chi connectivity index (χ1n) is 5.99. The van der Waals surface area contributed by atoms with Gasteiger partial charge in [-0.25, -0.2) is 0 Å². The summed E-state index contributed by atoms with van der Waals surface area (Å²) in [5, 5.41) is 5.96. The van der Waals surface area contributed by atoms with Crippen LogP contribution in [0.5, 0.6) is 0 Å². The van der Waals surface area contributed by atoms with E-state index >= 15 is 0 Å². The number of aryl methyl sites for hydroxylation is 1. The number of halogens is 1. The van der Waals surface area contributed by atoms with Crippen LogP contribution in [0.15, 0.2) is 48.5 Å². The summed E-state index contributed by atoms with van der Waals surface area (Å²) in [6, 6.07) is 15.1. The summed E-state index contributed by atoms with van der Waals surface area (Å²) in [4.78, 5) is 12.0. The van der Waals surface area contributed by atoms with Gasteiger partial charge in [0.1, 0.15) is 0 Å². The van der Waals surface area contributed by atoms with E-state index in [1.807, 2.05) is 49.4 Å². The quantitative estimate of drug-likeness (QED) is 0.601. The molecule has 2 N–H and O–H groups in total. The van der Waals surface area contributed by atoms with Crippen LogP contribution in [0, 0.1) is 10.5 Å². The molecule has 3 nitrogen and oxygen atoms in total. The first kappa shape index (κ1) is 14.9. The number of benzene rings is 2. The van der Waals surface area contributed by atoms with E-state index in [1.165, 1.54) is 0 Å². The third kappa shape index (κ3) is 4.28. The first-order valence-corrected chi connectivity index (χ1v) is 7.48. The molecule has 0 heterocycles. The van der Waals surface area contributed by atoms with Gasteiger partial charge in [-0.3, -0.25) is 10.1 Å². The maximum atomic E-state index is 12.0. The lowest BCUT2D eigenvalue weighted by molar-refractivity contribution is 0.0977. The molecule has 2 aromatic rings. The van der Waals surface area contributed by atoms with E-state index in [9.17, 15) is 4.79 Å². The number of hydrogen-bond donors (Lipinski definition) is 2. The molecule has 0 aliphatic carbocycles. The van der Waals surface area contributed by atoms with Gasteiger partial charge in [-0.1, -0.05) is 18.2 Å². The van der Waals surface area contributed by atoms with Gasteiger partial charge in [0.15, 0.2) is 5.11 Å². The number of hydrogen-bond acceptors (Lipinski definition) is 2. The van der Waals surface area contributed by atoms with Gasteiger partial charge in [-0.05, 0) is 77.6 Å². The second-order valence-electron chi connectivity index (χ2n) is 4.29. The van der Waals surface area contributed by atoms with Crippen molar-refractivity contribution < 1.29 is 4.79 Å². The molecule has 0 saturated heterocycles. The lowest BCUT2D eigenvalue weighted by Crippen LogP contribution is -2.34. The van der Waals surface area contributed by atoms with Crippen molar-refractivity contribution in [3.63, 3.8) is 0 Å². The first-order chi connectivity index (χ1) is 9.54. The highest BCUT2D eigenvalue weighted by atomic mass is 127. The van der Waals surface area contributed by atoms with Gasteiger partial charge in [0.2, 0.25) is 0 Å². The van der Waals surface area contributed by atoms with Crippen LogP contribution >= 0.6 is 34.8 Å². The van der Waals surface area contributed by atoms with Crippen LogP contribution in [-0.2, 0) is 0 Å². The van der Waals surface area contributed by atoms with Crippen LogP contribution in [0.25, 0.3) is 0 Å². The minimum atomic E-state index is -0.214. The monoisotopic (exact) mass is 396 g/mol. The molecule has 0 aliphatic rings. The van der Waals surface area contributed by atoms with Crippen molar-refractivity contribution in [2.24, 2.45) is 0 Å². The zero-order chi connectivity index (χ0) is 14.5. The zero-order valence-corrected chi connectivity index (χ0v) is 13.8. The average molecular weight is 396 g/mol. The van der Waals surface area contributed by atoms with Crippen LogP contribution in [0.4, 0.5) is 5.69 Å². The number of carbonyl (C=O) groups is 1. The lowest BCUT2D eigenvalue weighted by Gasteiger charge is -2.10. The van der Waals surface area contributed by atoms with E-state index in [0.717, 1.165) is 14.8 Å². The molecule has 1 amide bonds. The van der Waals surface area contributed by atoms with Gasteiger partial charge in [0.05, 0.1) is 0 Å². The lowest BCUT2D eigenvalue weighted by atomic mass is 10.2. The number of rotatable bonds is 2. The second-order valence-corrected chi connectivity index (χ2v) is 5.94. The molecule has 0 atom stereocenters. The van der Waals surface area contributed by atoms with Crippen LogP contribution in [0.1, 0.15) is 15.9 Å². The summed E-state index contributed by atoms with van der Waals surface area (Å²) >= 11 is 7.31. The third-order valence-corrected chi connectivity index (χ3v) is 3.46. The molecule has 2 rings (SSSR count). The molecular formula is C15H13IN2OS. The van der Waals surface area contributed by atoms with E-state index in [-0.39, 0.29) is 5.91 Å². The molecule has 0 bridgehead atoms. The molecule has 0 unspecified atom stereocenters. The van der Waals surface area contributed by atoms with Gasteiger partial charge in [-0.15, -0.1) is 0 Å². The van der Waals surface area contributed by atoms with Crippen LogP contribution in [0.3, 0.4) is 0 Å². The van der Waals surface area contributed by atoms with Crippen molar-refractivity contribution in [1.82, 2.24) is 5.32 Å². The molecule has 0 radical (unpaired) electrons. The Labute approximate surface area is 136 Å². The highest BCUT2D eigenvalue weighted by molar-refractivity contribution is 14.1. The molecule has 5 heteroatoms. The zero-order valence-electron chi connectivity index (χ0n) is 10.8. The number of nitrogens with one attached hydrogen (secondary N) is 2. The number of amides is 1. The van der Waals surface area contributed by atoms with Gasteiger partial charge in [-0.2, -0.15) is 0 Å². The maximum absolute atomic E-state index is 12.0. The standard InChI is InChI=1S/C15H13IN2OS/c1-10-4-2-7-13(8-10)17-15(20)18-14(19)11-5-3-6-12(16)9-11/h2-9H,1H3,(H2,17,18,19,20). The topological polar surface area (TPSA) is 41.1 Å². The molecule has 0 spiro atoms. The fourth-order valence-corrected chi connectivity index (χ4v) is 2.44. The van der Waals surface area contributed by atoms with E-state index in [0.29, 0.717) is 10.7 Å². The molecule has 0 fully saturated rings. The Hall–Kier alpha value is -1.47. The van der Waals surface area contributed by atoms with E-state index < -0.39 is 0 Å². The highest BCUT2D eigenvalue weighted by Crippen LogP contribution is 2.10. The Morgan fingerprint density at radius 1 is 1.15 bits per heavy atom. The predicted molar refractivity (Wildman–Crippen MR) is 94.0 cm³/mol. The molecule has 102 valence electrons. The fourth-order valence-electron chi connectivity index (χ4n) is 1.69. The highest BCUT2D eigenvalue weighted by Gasteiger charge is 2.08. The minimum absolute atomic E-state index is 0.214. The summed E-state index contributed by atoms with van der Waals surface area (Å²) < 4.78 is 1.01.